The summed E-state index contributed by atoms with van der Waals surface area (Å²) in [5.41, 5.74) is 7.56. The highest BCUT2D eigenvalue weighted by Gasteiger charge is 2.39. The van der Waals surface area contributed by atoms with Crippen LogP contribution in [0.15, 0.2) is 41.4 Å². The van der Waals surface area contributed by atoms with Gasteiger partial charge >= 0.3 is 0 Å². The molecule has 3 rings (SSSR count). The van der Waals surface area contributed by atoms with Crippen molar-refractivity contribution in [2.75, 3.05) is 51.6 Å². The van der Waals surface area contributed by atoms with Gasteiger partial charge in [0.1, 0.15) is 8.07 Å². The lowest BCUT2D eigenvalue weighted by Crippen LogP contribution is -2.60. The minimum Gasteiger partial charge on any atom is -0.417 e. The molecule has 2 aromatic rings. The van der Waals surface area contributed by atoms with E-state index in [0.29, 0.717) is 0 Å². The third-order valence-corrected chi connectivity index (χ3v) is 16.6. The maximum Gasteiger partial charge on any atom is 0.191 e. The number of hydrogen-bond donors (Lipinski definition) is 0. The summed E-state index contributed by atoms with van der Waals surface area (Å²) in [6, 6.07) is 11.7. The highest BCUT2D eigenvalue weighted by molar-refractivity contribution is 7.02. The van der Waals surface area contributed by atoms with Gasteiger partial charge in [-0.05, 0) is 77.6 Å². The van der Waals surface area contributed by atoms with Crippen molar-refractivity contribution in [3.05, 3.63) is 53.1 Å². The van der Waals surface area contributed by atoms with Crippen LogP contribution in [0.25, 0.3) is 6.08 Å². The summed E-state index contributed by atoms with van der Waals surface area (Å²) < 4.78 is 6.38. The van der Waals surface area contributed by atoms with Gasteiger partial charge in [0.05, 0.1) is 5.71 Å². The van der Waals surface area contributed by atoms with Gasteiger partial charge in [0.15, 0.2) is 8.32 Å². The molecule has 0 N–H and O–H groups in total. The molecule has 0 saturated carbocycles. The predicted molar refractivity (Wildman–Crippen MR) is 176 cm³/mol. The molecule has 0 aliphatic carbocycles. The molecule has 0 fully saturated rings. The van der Waals surface area contributed by atoms with E-state index < -0.39 is 16.4 Å². The average Bonchev–Trinajstić information content (AvgIpc) is 2.82. The third kappa shape index (κ3) is 6.18. The van der Waals surface area contributed by atoms with Crippen LogP contribution in [0.4, 0.5) is 11.4 Å². The lowest BCUT2D eigenvalue weighted by Gasteiger charge is -2.37. The fourth-order valence-electron chi connectivity index (χ4n) is 4.96. The van der Waals surface area contributed by atoms with Crippen molar-refractivity contribution in [2.24, 2.45) is 4.99 Å². The minimum absolute atomic E-state index is 0.270. The Morgan fingerprint density at radius 1 is 0.921 bits per heavy atom. The Hall–Kier alpha value is -2.16. The van der Waals surface area contributed by atoms with E-state index in [4.69, 9.17) is 9.42 Å². The van der Waals surface area contributed by atoms with Crippen molar-refractivity contribution in [3.8, 4) is 0 Å². The second-order valence-corrected chi connectivity index (χ2v) is 22.3. The molecule has 0 atom stereocenters. The monoisotopic (exact) mass is 549 g/mol. The van der Waals surface area contributed by atoms with Crippen LogP contribution in [0.3, 0.4) is 0 Å². The quantitative estimate of drug-likeness (QED) is 0.260. The molecule has 208 valence electrons. The van der Waals surface area contributed by atoms with Crippen molar-refractivity contribution in [1.29, 1.82) is 0 Å². The molecule has 0 amide bonds. The first kappa shape index (κ1) is 30.4. The van der Waals surface area contributed by atoms with E-state index in [1.165, 1.54) is 38.4 Å². The molecule has 0 saturated heterocycles. The Morgan fingerprint density at radius 2 is 1.55 bits per heavy atom. The first-order chi connectivity index (χ1) is 17.6. The molecule has 0 aromatic heterocycles. The van der Waals surface area contributed by atoms with E-state index in [1.807, 2.05) is 7.05 Å². The molecule has 0 spiro atoms. The zero-order chi connectivity index (χ0) is 28.5. The zero-order valence-electron chi connectivity index (χ0n) is 26.1. The summed E-state index contributed by atoms with van der Waals surface area (Å²) in [5, 5.41) is 3.23. The standard InChI is InChI=1S/C32H51N3OSi2/c1-32(2,3)38(11,12)36-20-16-14-13-15-17-24-21-26(35(7)8)23-29-30(24)31(33-4)27-19-18-25(34(5)6)22-28(27)37(29,9)10/h15,17-19,21-23H,13-14,16,20H2,1-12H3/b17-15+,33-31?. The fourth-order valence-corrected chi connectivity index (χ4v) is 9.12. The van der Waals surface area contributed by atoms with E-state index in [1.54, 1.807) is 0 Å². The van der Waals surface area contributed by atoms with Gasteiger partial charge in [-0.3, -0.25) is 4.99 Å². The van der Waals surface area contributed by atoms with Crippen LogP contribution in [0.5, 0.6) is 0 Å². The van der Waals surface area contributed by atoms with E-state index in [-0.39, 0.29) is 5.04 Å². The first-order valence-corrected chi connectivity index (χ1v) is 20.0. The first-order valence-electron chi connectivity index (χ1n) is 14.1. The van der Waals surface area contributed by atoms with Crippen LogP contribution in [-0.4, -0.2) is 63.9 Å². The van der Waals surface area contributed by atoms with Gasteiger partial charge < -0.3 is 14.2 Å². The summed E-state index contributed by atoms with van der Waals surface area (Å²) in [7, 11) is 6.85. The van der Waals surface area contributed by atoms with Crippen molar-refractivity contribution >= 4 is 49.9 Å². The van der Waals surface area contributed by atoms with Crippen molar-refractivity contribution < 1.29 is 4.43 Å². The van der Waals surface area contributed by atoms with Gasteiger partial charge in [-0.15, -0.1) is 0 Å². The van der Waals surface area contributed by atoms with Crippen LogP contribution in [0, 0.1) is 0 Å². The van der Waals surface area contributed by atoms with Crippen LogP contribution < -0.4 is 20.2 Å². The van der Waals surface area contributed by atoms with Gasteiger partial charge in [0.2, 0.25) is 0 Å². The number of rotatable bonds is 9. The number of allylic oxidation sites excluding steroid dienone is 1. The topological polar surface area (TPSA) is 28.1 Å². The summed E-state index contributed by atoms with van der Waals surface area (Å²) in [6.45, 7) is 17.5. The van der Waals surface area contributed by atoms with Crippen molar-refractivity contribution in [3.63, 3.8) is 0 Å². The maximum absolute atomic E-state index is 6.38. The third-order valence-electron chi connectivity index (χ3n) is 8.58. The second kappa shape index (κ2) is 11.5. The Bertz CT molecular complexity index is 1200. The van der Waals surface area contributed by atoms with Gasteiger partial charge in [0, 0.05) is 64.3 Å². The highest BCUT2D eigenvalue weighted by atomic mass is 28.4. The van der Waals surface area contributed by atoms with Crippen LogP contribution in [0.2, 0.25) is 31.2 Å². The lowest BCUT2D eigenvalue weighted by molar-refractivity contribution is 0.279. The van der Waals surface area contributed by atoms with Gasteiger partial charge in [-0.2, -0.15) is 0 Å². The molecule has 6 heteroatoms. The summed E-state index contributed by atoms with van der Waals surface area (Å²) in [5.74, 6) is 0. The number of anilines is 2. The smallest absolute Gasteiger partial charge is 0.191 e. The highest BCUT2D eigenvalue weighted by Crippen LogP contribution is 2.36. The summed E-state index contributed by atoms with van der Waals surface area (Å²) in [4.78, 5) is 9.31. The molecule has 1 aliphatic heterocycles. The molecule has 0 radical (unpaired) electrons. The van der Waals surface area contributed by atoms with E-state index in [0.717, 1.165) is 31.6 Å². The predicted octanol–water partition coefficient (Wildman–Crippen LogP) is 6.63. The van der Waals surface area contributed by atoms with Crippen molar-refractivity contribution in [1.82, 2.24) is 0 Å². The minimum atomic E-state index is -1.96. The Kier molecular flexibility index (Phi) is 9.22. The molecule has 0 unspecified atom stereocenters. The van der Waals surface area contributed by atoms with Gasteiger partial charge in [-0.25, -0.2) is 0 Å². The molecule has 38 heavy (non-hydrogen) atoms. The largest absolute Gasteiger partial charge is 0.417 e. The summed E-state index contributed by atoms with van der Waals surface area (Å²) >= 11 is 0. The number of nitrogens with zero attached hydrogens (tertiary/aromatic N) is 3. The molecular weight excluding hydrogens is 499 g/mol. The molecule has 1 heterocycles. The molecule has 1 aliphatic rings. The van der Waals surface area contributed by atoms with Crippen LogP contribution in [-0.2, 0) is 4.43 Å². The Balaban J connectivity index is 1.90. The second-order valence-electron chi connectivity index (χ2n) is 13.2. The molecule has 2 aromatic carbocycles. The normalized spacial score (nSPS) is 16.1. The van der Waals surface area contributed by atoms with E-state index >= 15 is 0 Å². The van der Waals surface area contributed by atoms with E-state index in [2.05, 4.69) is 127 Å². The molecule has 0 bridgehead atoms. The number of benzene rings is 2. The number of unbranched alkanes of at least 4 members (excludes halogenated alkanes) is 2. The summed E-state index contributed by atoms with van der Waals surface area (Å²) in [6.07, 6.45) is 8.01. The molecule has 4 nitrogen and oxygen atoms in total. The van der Waals surface area contributed by atoms with Gasteiger partial charge in [0.25, 0.3) is 0 Å². The van der Waals surface area contributed by atoms with Gasteiger partial charge in [-0.1, -0.05) is 52.1 Å². The fraction of sp³-hybridized carbons (Fsp3) is 0.531. The lowest BCUT2D eigenvalue weighted by atomic mass is 9.94. The van der Waals surface area contributed by atoms with Crippen LogP contribution >= 0.6 is 0 Å². The number of aliphatic imine (C=N–C) groups is 1. The van der Waals surface area contributed by atoms with E-state index in [9.17, 15) is 0 Å². The van der Waals surface area contributed by atoms with Crippen molar-refractivity contribution in [2.45, 2.75) is 71.3 Å². The SMILES string of the molecule is CN=C1c2ccc(N(C)C)cc2[Si](C)(C)c2cc(N(C)C)cc(/C=C/CCCCO[Si](C)(C)C(C)(C)C)c21. The zero-order valence-corrected chi connectivity index (χ0v) is 28.1. The number of hydrogen-bond acceptors (Lipinski definition) is 4. The number of fused-ring (bicyclic) bond motifs is 2. The molecular formula is C32H51N3OSi2. The Morgan fingerprint density at radius 3 is 2.13 bits per heavy atom. The maximum atomic E-state index is 6.38. The van der Waals surface area contributed by atoms with Crippen LogP contribution in [0.1, 0.15) is 56.7 Å². The Labute approximate surface area is 235 Å². The average molecular weight is 550 g/mol.